The molecule has 112 valence electrons. The smallest absolute Gasteiger partial charge is 0.326 e. The van der Waals surface area contributed by atoms with Crippen LogP contribution in [0.3, 0.4) is 0 Å². The highest BCUT2D eigenvalue weighted by atomic mass is 16.4. The Morgan fingerprint density at radius 3 is 2.38 bits per heavy atom. The SMILES string of the molecule is O=C(O)[C@@H]1C[C@H](O)CN1C(=O)NC1Cc2ccccc2C1. The van der Waals surface area contributed by atoms with E-state index in [1.807, 2.05) is 24.3 Å². The van der Waals surface area contributed by atoms with Crippen molar-refractivity contribution in [1.29, 1.82) is 0 Å². The van der Waals surface area contributed by atoms with Crippen LogP contribution in [-0.2, 0) is 17.6 Å². The lowest BCUT2D eigenvalue weighted by molar-refractivity contribution is -0.141. The fourth-order valence-electron chi connectivity index (χ4n) is 3.19. The van der Waals surface area contributed by atoms with E-state index in [-0.39, 0.29) is 19.0 Å². The quantitative estimate of drug-likeness (QED) is 0.734. The van der Waals surface area contributed by atoms with Crippen molar-refractivity contribution in [1.82, 2.24) is 10.2 Å². The molecular weight excluding hydrogens is 272 g/mol. The Morgan fingerprint density at radius 2 is 1.81 bits per heavy atom. The maximum Gasteiger partial charge on any atom is 0.326 e. The van der Waals surface area contributed by atoms with Crippen LogP contribution in [0.2, 0.25) is 0 Å². The molecule has 3 N–H and O–H groups in total. The zero-order valence-electron chi connectivity index (χ0n) is 11.5. The van der Waals surface area contributed by atoms with Crippen LogP contribution < -0.4 is 5.32 Å². The number of carboxylic acids is 1. The number of carboxylic acid groups (broad SMARTS) is 1. The molecule has 1 aromatic carbocycles. The molecule has 2 amide bonds. The maximum atomic E-state index is 12.3. The second kappa shape index (κ2) is 5.37. The van der Waals surface area contributed by atoms with Crippen LogP contribution in [0.4, 0.5) is 4.79 Å². The molecule has 6 heteroatoms. The highest BCUT2D eigenvalue weighted by Gasteiger charge is 2.39. The van der Waals surface area contributed by atoms with Crippen molar-refractivity contribution >= 4 is 12.0 Å². The van der Waals surface area contributed by atoms with E-state index >= 15 is 0 Å². The fraction of sp³-hybridized carbons (Fsp3) is 0.467. The first-order valence-corrected chi connectivity index (χ1v) is 7.09. The molecule has 1 aliphatic carbocycles. The van der Waals surface area contributed by atoms with E-state index in [0.29, 0.717) is 0 Å². The first-order chi connectivity index (χ1) is 10.0. The predicted molar refractivity (Wildman–Crippen MR) is 74.9 cm³/mol. The van der Waals surface area contributed by atoms with Crippen LogP contribution in [0.1, 0.15) is 17.5 Å². The number of amides is 2. The highest BCUT2D eigenvalue weighted by Crippen LogP contribution is 2.23. The second-order valence-corrected chi connectivity index (χ2v) is 5.72. The number of aliphatic hydroxyl groups is 1. The summed E-state index contributed by atoms with van der Waals surface area (Å²) >= 11 is 0. The second-order valence-electron chi connectivity index (χ2n) is 5.72. The first-order valence-electron chi connectivity index (χ1n) is 7.09. The molecule has 1 aromatic rings. The number of hydrogen-bond donors (Lipinski definition) is 3. The van der Waals surface area contributed by atoms with Crippen LogP contribution in [-0.4, -0.2) is 51.8 Å². The monoisotopic (exact) mass is 290 g/mol. The molecule has 0 bridgehead atoms. The zero-order chi connectivity index (χ0) is 15.0. The predicted octanol–water partition coefficient (Wildman–Crippen LogP) is 0.383. The van der Waals surface area contributed by atoms with Crippen LogP contribution in [0.25, 0.3) is 0 Å². The fourth-order valence-corrected chi connectivity index (χ4v) is 3.19. The van der Waals surface area contributed by atoms with Gasteiger partial charge in [0, 0.05) is 19.0 Å². The molecule has 3 rings (SSSR count). The number of carbonyl (C=O) groups excluding carboxylic acids is 1. The lowest BCUT2D eigenvalue weighted by atomic mass is 10.1. The Morgan fingerprint density at radius 1 is 1.19 bits per heavy atom. The van der Waals surface area contributed by atoms with Gasteiger partial charge < -0.3 is 20.4 Å². The van der Waals surface area contributed by atoms with Crippen molar-refractivity contribution in [3.8, 4) is 0 Å². The average Bonchev–Trinajstić information content (AvgIpc) is 3.01. The third-order valence-corrected chi connectivity index (χ3v) is 4.20. The lowest BCUT2D eigenvalue weighted by Gasteiger charge is -2.23. The van der Waals surface area contributed by atoms with E-state index in [1.54, 1.807) is 0 Å². The van der Waals surface area contributed by atoms with Gasteiger partial charge in [0.1, 0.15) is 6.04 Å². The summed E-state index contributed by atoms with van der Waals surface area (Å²) in [4.78, 5) is 24.6. The van der Waals surface area contributed by atoms with Gasteiger partial charge in [0.15, 0.2) is 0 Å². The van der Waals surface area contributed by atoms with E-state index in [2.05, 4.69) is 5.32 Å². The number of aliphatic carboxylic acids is 1. The number of likely N-dealkylation sites (tertiary alicyclic amines) is 1. The Labute approximate surface area is 122 Å². The summed E-state index contributed by atoms with van der Waals surface area (Å²) in [5.41, 5.74) is 2.44. The van der Waals surface area contributed by atoms with Crippen molar-refractivity contribution in [3.63, 3.8) is 0 Å². The normalized spacial score (nSPS) is 24.9. The minimum absolute atomic E-state index is 0.0120. The van der Waals surface area contributed by atoms with Gasteiger partial charge >= 0.3 is 12.0 Å². The Hall–Kier alpha value is -2.08. The number of β-amino-alcohol motifs (C(OH)–C–C–N with tert-alkyl or cyclic N) is 1. The minimum Gasteiger partial charge on any atom is -0.480 e. The molecule has 0 radical (unpaired) electrons. The van der Waals surface area contributed by atoms with Gasteiger partial charge in [-0.15, -0.1) is 0 Å². The molecule has 1 saturated heterocycles. The molecular formula is C15H18N2O4. The van der Waals surface area contributed by atoms with Gasteiger partial charge in [0.05, 0.1) is 6.10 Å². The molecule has 2 aliphatic rings. The number of benzene rings is 1. The van der Waals surface area contributed by atoms with Gasteiger partial charge in [-0.25, -0.2) is 9.59 Å². The molecule has 6 nitrogen and oxygen atoms in total. The lowest BCUT2D eigenvalue weighted by Crippen LogP contribution is -2.49. The van der Waals surface area contributed by atoms with Gasteiger partial charge in [-0.3, -0.25) is 0 Å². The molecule has 0 unspecified atom stereocenters. The molecule has 0 spiro atoms. The summed E-state index contributed by atoms with van der Waals surface area (Å²) in [7, 11) is 0. The summed E-state index contributed by atoms with van der Waals surface area (Å²) in [5, 5.41) is 21.6. The van der Waals surface area contributed by atoms with Crippen molar-refractivity contribution in [2.45, 2.75) is 37.5 Å². The Balaban J connectivity index is 1.64. The van der Waals surface area contributed by atoms with Crippen molar-refractivity contribution < 1.29 is 19.8 Å². The van der Waals surface area contributed by atoms with Gasteiger partial charge in [0.25, 0.3) is 0 Å². The van der Waals surface area contributed by atoms with E-state index in [1.165, 1.54) is 16.0 Å². The third-order valence-electron chi connectivity index (χ3n) is 4.20. The highest BCUT2D eigenvalue weighted by molar-refractivity contribution is 5.83. The van der Waals surface area contributed by atoms with Crippen LogP contribution in [0, 0.1) is 0 Å². The zero-order valence-corrected chi connectivity index (χ0v) is 11.5. The van der Waals surface area contributed by atoms with Gasteiger partial charge in [-0.05, 0) is 24.0 Å². The van der Waals surface area contributed by atoms with Gasteiger partial charge in [-0.1, -0.05) is 24.3 Å². The molecule has 2 atom stereocenters. The van der Waals surface area contributed by atoms with Crippen LogP contribution >= 0.6 is 0 Å². The Kier molecular flexibility index (Phi) is 3.55. The van der Waals surface area contributed by atoms with Gasteiger partial charge in [0.2, 0.25) is 0 Å². The summed E-state index contributed by atoms with van der Waals surface area (Å²) in [5.74, 6) is -1.07. The molecule has 0 saturated carbocycles. The summed E-state index contributed by atoms with van der Waals surface area (Å²) < 4.78 is 0. The summed E-state index contributed by atoms with van der Waals surface area (Å²) in [6.07, 6.45) is 0.845. The Bertz CT molecular complexity index is 550. The number of fused-ring (bicyclic) bond motifs is 1. The molecule has 1 heterocycles. The van der Waals surface area contributed by atoms with E-state index in [9.17, 15) is 14.7 Å². The summed E-state index contributed by atoms with van der Waals surface area (Å²) in [6, 6.07) is 6.67. The number of nitrogens with zero attached hydrogens (tertiary/aromatic N) is 1. The minimum atomic E-state index is -1.07. The van der Waals surface area contributed by atoms with E-state index in [4.69, 9.17) is 5.11 Å². The van der Waals surface area contributed by atoms with Crippen LogP contribution in [0.15, 0.2) is 24.3 Å². The molecule has 1 aliphatic heterocycles. The van der Waals surface area contributed by atoms with E-state index in [0.717, 1.165) is 12.8 Å². The van der Waals surface area contributed by atoms with Crippen molar-refractivity contribution in [2.75, 3.05) is 6.54 Å². The van der Waals surface area contributed by atoms with Crippen molar-refractivity contribution in [2.24, 2.45) is 0 Å². The molecule has 21 heavy (non-hydrogen) atoms. The largest absolute Gasteiger partial charge is 0.480 e. The average molecular weight is 290 g/mol. The topological polar surface area (TPSA) is 89.9 Å². The first kappa shape index (κ1) is 13.9. The third kappa shape index (κ3) is 2.71. The van der Waals surface area contributed by atoms with Gasteiger partial charge in [-0.2, -0.15) is 0 Å². The number of rotatable bonds is 2. The number of aliphatic hydroxyl groups excluding tert-OH is 1. The van der Waals surface area contributed by atoms with Crippen LogP contribution in [0.5, 0.6) is 0 Å². The maximum absolute atomic E-state index is 12.3. The van der Waals surface area contributed by atoms with Crippen molar-refractivity contribution in [3.05, 3.63) is 35.4 Å². The molecule has 1 fully saturated rings. The molecule has 0 aromatic heterocycles. The standard InChI is InChI=1S/C15H18N2O4/c18-12-7-13(14(19)20)17(8-12)15(21)16-11-5-9-3-1-2-4-10(9)6-11/h1-4,11-13,18H,5-8H2,(H,16,21)(H,19,20)/t12-,13-/m0/s1. The number of carbonyl (C=O) groups is 2. The summed E-state index contributed by atoms with van der Waals surface area (Å²) in [6.45, 7) is 0.0719. The number of nitrogens with one attached hydrogen (secondary N) is 1. The number of hydrogen-bond acceptors (Lipinski definition) is 3. The van der Waals surface area contributed by atoms with E-state index < -0.39 is 24.1 Å². The number of urea groups is 1.